The van der Waals surface area contributed by atoms with Gasteiger partial charge in [0.1, 0.15) is 0 Å². The van der Waals surface area contributed by atoms with Gasteiger partial charge in [0.05, 0.1) is 4.90 Å². The Balaban J connectivity index is 0.000000289. The third kappa shape index (κ3) is 9.09. The van der Waals surface area contributed by atoms with Crippen LogP contribution in [0.15, 0.2) is 59.5 Å². The van der Waals surface area contributed by atoms with E-state index in [9.17, 15) is 8.42 Å². The van der Waals surface area contributed by atoms with E-state index >= 15 is 0 Å². The fourth-order valence-electron chi connectivity index (χ4n) is 2.13. The summed E-state index contributed by atoms with van der Waals surface area (Å²) >= 11 is 0. The first-order valence-corrected chi connectivity index (χ1v) is 11.1. The van der Waals surface area contributed by atoms with Crippen molar-refractivity contribution in [3.05, 3.63) is 65.7 Å². The van der Waals surface area contributed by atoms with Crippen LogP contribution in [-0.2, 0) is 9.05 Å². The van der Waals surface area contributed by atoms with E-state index in [0.717, 1.165) is 12.0 Å². The quantitative estimate of drug-likeness (QED) is 0.704. The Labute approximate surface area is 168 Å². The van der Waals surface area contributed by atoms with Gasteiger partial charge in [-0.15, -0.1) is 0 Å². The van der Waals surface area contributed by atoms with Gasteiger partial charge in [-0.25, -0.2) is 8.42 Å². The molecule has 2 aromatic carbocycles. The van der Waals surface area contributed by atoms with E-state index < -0.39 is 9.05 Å². The molecule has 0 fully saturated rings. The molecule has 2 rings (SSSR count). The third-order valence-corrected chi connectivity index (χ3v) is 5.35. The van der Waals surface area contributed by atoms with Crippen LogP contribution in [-0.4, -0.2) is 35.6 Å². The zero-order valence-electron chi connectivity index (χ0n) is 16.6. The molecule has 0 heterocycles. The van der Waals surface area contributed by atoms with Crippen LogP contribution < -0.4 is 10.2 Å². The minimum absolute atomic E-state index is 0.143. The molecular weight excluding hydrogens is 380 g/mol. The summed E-state index contributed by atoms with van der Waals surface area (Å²) in [5.41, 5.74) is 3.51. The van der Waals surface area contributed by atoms with Gasteiger partial charge >= 0.3 is 0 Å². The first kappa shape index (κ1) is 23.2. The SMILES string of the molecule is CNC(C)C/C=C/c1cccc(N(C)C)c1.Cc1ccc(S(=O)(=O)Cl)cc1. The molecule has 0 spiro atoms. The number of hydrogen-bond acceptors (Lipinski definition) is 4. The lowest BCUT2D eigenvalue weighted by Gasteiger charge is -2.12. The standard InChI is InChI=1S/C14H22N2.C7H7ClO2S/c1-12(15-2)7-5-8-13-9-6-10-14(11-13)16(3)4;1-6-2-4-7(5-3-6)11(8,9)10/h5-6,8-12,15H,7H2,1-4H3;2-5H,1H3/b8-5+;. The lowest BCUT2D eigenvalue weighted by molar-refractivity contribution is 0.609. The first-order chi connectivity index (χ1) is 12.6. The van der Waals surface area contributed by atoms with Crippen LogP contribution >= 0.6 is 10.7 Å². The number of nitrogens with one attached hydrogen (secondary N) is 1. The topological polar surface area (TPSA) is 49.4 Å². The van der Waals surface area contributed by atoms with Gasteiger partial charge in [0, 0.05) is 36.5 Å². The maximum Gasteiger partial charge on any atom is 0.261 e. The molecule has 1 unspecified atom stereocenters. The molecule has 0 aliphatic carbocycles. The van der Waals surface area contributed by atoms with Crippen molar-refractivity contribution in [1.29, 1.82) is 0 Å². The Morgan fingerprint density at radius 1 is 1.15 bits per heavy atom. The average molecular weight is 409 g/mol. The maximum absolute atomic E-state index is 10.7. The van der Waals surface area contributed by atoms with Crippen molar-refractivity contribution >= 4 is 31.5 Å². The largest absolute Gasteiger partial charge is 0.378 e. The Morgan fingerprint density at radius 3 is 2.30 bits per heavy atom. The van der Waals surface area contributed by atoms with Crippen LogP contribution in [0.4, 0.5) is 5.69 Å². The van der Waals surface area contributed by atoms with E-state index in [2.05, 4.69) is 67.7 Å². The second-order valence-electron chi connectivity index (χ2n) is 6.57. The highest BCUT2D eigenvalue weighted by molar-refractivity contribution is 8.13. The Hall–Kier alpha value is -1.82. The van der Waals surface area contributed by atoms with E-state index in [0.29, 0.717) is 6.04 Å². The van der Waals surface area contributed by atoms with Crippen LogP contribution in [0.5, 0.6) is 0 Å². The molecule has 0 saturated heterocycles. The predicted octanol–water partition coefficient (Wildman–Crippen LogP) is 4.69. The molecule has 0 radical (unpaired) electrons. The summed E-state index contributed by atoms with van der Waals surface area (Å²) in [6.07, 6.45) is 5.46. The number of hydrogen-bond donors (Lipinski definition) is 1. The molecule has 0 aliphatic heterocycles. The molecule has 0 saturated carbocycles. The van der Waals surface area contributed by atoms with Gasteiger partial charge in [-0.2, -0.15) is 0 Å². The number of benzene rings is 2. The van der Waals surface area contributed by atoms with E-state index in [-0.39, 0.29) is 4.90 Å². The summed E-state index contributed by atoms with van der Waals surface area (Å²) in [5, 5.41) is 3.22. The van der Waals surface area contributed by atoms with Crippen LogP contribution in [0.2, 0.25) is 0 Å². The van der Waals surface area contributed by atoms with Gasteiger partial charge in [-0.1, -0.05) is 42.0 Å². The second-order valence-corrected chi connectivity index (χ2v) is 9.13. The Bertz CT molecular complexity index is 832. The molecule has 0 amide bonds. The van der Waals surface area contributed by atoms with Crippen molar-refractivity contribution in [3.63, 3.8) is 0 Å². The molecule has 4 nitrogen and oxygen atoms in total. The van der Waals surface area contributed by atoms with Crippen LogP contribution in [0.1, 0.15) is 24.5 Å². The van der Waals surface area contributed by atoms with E-state index in [1.165, 1.54) is 23.4 Å². The first-order valence-electron chi connectivity index (χ1n) is 8.76. The summed E-state index contributed by atoms with van der Waals surface area (Å²) < 4.78 is 21.4. The van der Waals surface area contributed by atoms with Crippen molar-refractivity contribution in [3.8, 4) is 0 Å². The highest BCUT2D eigenvalue weighted by Gasteiger charge is 2.07. The van der Waals surface area contributed by atoms with E-state index in [4.69, 9.17) is 10.7 Å². The zero-order chi connectivity index (χ0) is 20.4. The van der Waals surface area contributed by atoms with Gasteiger partial charge in [0.15, 0.2) is 0 Å². The van der Waals surface area contributed by atoms with Crippen molar-refractivity contribution in [2.24, 2.45) is 0 Å². The highest BCUT2D eigenvalue weighted by atomic mass is 35.7. The molecule has 27 heavy (non-hydrogen) atoms. The van der Waals surface area contributed by atoms with Gasteiger partial charge < -0.3 is 10.2 Å². The number of rotatable bonds is 6. The van der Waals surface area contributed by atoms with Crippen molar-refractivity contribution in [2.45, 2.75) is 31.2 Å². The fourth-order valence-corrected chi connectivity index (χ4v) is 2.90. The van der Waals surface area contributed by atoms with Crippen LogP contribution in [0.25, 0.3) is 6.08 Å². The summed E-state index contributed by atoms with van der Waals surface area (Å²) in [7, 11) is 7.65. The minimum Gasteiger partial charge on any atom is -0.378 e. The Morgan fingerprint density at radius 2 is 1.78 bits per heavy atom. The predicted molar refractivity (Wildman–Crippen MR) is 117 cm³/mol. The molecule has 0 bridgehead atoms. The lowest BCUT2D eigenvalue weighted by Crippen LogP contribution is -2.19. The van der Waals surface area contributed by atoms with Gasteiger partial charge in [0.25, 0.3) is 9.05 Å². The molecule has 6 heteroatoms. The molecule has 2 aromatic rings. The summed E-state index contributed by atoms with van der Waals surface area (Å²) in [5.74, 6) is 0. The maximum atomic E-state index is 10.7. The van der Waals surface area contributed by atoms with E-state index in [1.54, 1.807) is 12.1 Å². The van der Waals surface area contributed by atoms with Gasteiger partial charge in [-0.3, -0.25) is 0 Å². The third-order valence-electron chi connectivity index (χ3n) is 3.98. The van der Waals surface area contributed by atoms with Gasteiger partial charge in [-0.05, 0) is 57.1 Å². The van der Waals surface area contributed by atoms with Crippen molar-refractivity contribution in [1.82, 2.24) is 5.32 Å². The highest BCUT2D eigenvalue weighted by Crippen LogP contribution is 2.15. The van der Waals surface area contributed by atoms with Crippen molar-refractivity contribution in [2.75, 3.05) is 26.0 Å². The summed E-state index contributed by atoms with van der Waals surface area (Å²) in [6, 6.07) is 15.5. The smallest absolute Gasteiger partial charge is 0.261 e. The second kappa shape index (κ2) is 11.1. The van der Waals surface area contributed by atoms with Gasteiger partial charge in [0.2, 0.25) is 0 Å². The fraction of sp³-hybridized carbons (Fsp3) is 0.333. The lowest BCUT2D eigenvalue weighted by atomic mass is 10.1. The average Bonchev–Trinajstić information content (AvgIpc) is 2.62. The molecule has 0 aromatic heterocycles. The molecule has 1 N–H and O–H groups in total. The number of aryl methyl sites for hydroxylation is 1. The Kier molecular flexibility index (Phi) is 9.56. The minimum atomic E-state index is -3.55. The van der Waals surface area contributed by atoms with E-state index in [1.807, 2.05) is 14.0 Å². The number of nitrogens with zero attached hydrogens (tertiary/aromatic N) is 1. The summed E-state index contributed by atoms with van der Waals surface area (Å²) in [6.45, 7) is 4.06. The zero-order valence-corrected chi connectivity index (χ0v) is 18.2. The molecular formula is C21H29ClN2O2S. The molecule has 148 valence electrons. The number of halogens is 1. The molecule has 0 aliphatic rings. The van der Waals surface area contributed by atoms with Crippen LogP contribution in [0, 0.1) is 6.92 Å². The summed E-state index contributed by atoms with van der Waals surface area (Å²) in [4.78, 5) is 2.26. The number of anilines is 1. The van der Waals surface area contributed by atoms with Crippen molar-refractivity contribution < 1.29 is 8.42 Å². The normalized spacial score (nSPS) is 12.4. The molecule has 1 atom stereocenters. The monoisotopic (exact) mass is 408 g/mol. The van der Waals surface area contributed by atoms with Crippen LogP contribution in [0.3, 0.4) is 0 Å².